The van der Waals surface area contributed by atoms with Crippen LogP contribution in [0.2, 0.25) is 10.3 Å². The van der Waals surface area contributed by atoms with E-state index >= 15 is 0 Å². The summed E-state index contributed by atoms with van der Waals surface area (Å²) in [6.07, 6.45) is 0. The van der Waals surface area contributed by atoms with Gasteiger partial charge >= 0.3 is 0 Å². The molecule has 1 nitrogen and oxygen atoms in total. The van der Waals surface area contributed by atoms with Crippen molar-refractivity contribution in [2.45, 2.75) is 10.6 Å². The second-order valence-electron chi connectivity index (χ2n) is 4.39. The van der Waals surface area contributed by atoms with E-state index in [4.69, 9.17) is 23.2 Å². The van der Waals surface area contributed by atoms with Gasteiger partial charge in [-0.05, 0) is 29.1 Å². The molecular weight excluding hydrogens is 309 g/mol. The maximum atomic E-state index is 6.09. The van der Waals surface area contributed by atoms with Crippen molar-refractivity contribution in [3.05, 3.63) is 70.5 Å². The Kier molecular flexibility index (Phi) is 4.16. The van der Waals surface area contributed by atoms with Gasteiger partial charge in [0.25, 0.3) is 0 Å². The summed E-state index contributed by atoms with van der Waals surface area (Å²) >= 11 is 13.8. The highest BCUT2D eigenvalue weighted by Gasteiger charge is 2.04. The van der Waals surface area contributed by atoms with Crippen molar-refractivity contribution in [1.29, 1.82) is 0 Å². The molecule has 0 aliphatic carbocycles. The summed E-state index contributed by atoms with van der Waals surface area (Å²) in [4.78, 5) is 5.24. The Morgan fingerprint density at radius 3 is 2.55 bits per heavy atom. The number of thioether (sulfide) groups is 1. The molecule has 0 saturated heterocycles. The second-order valence-corrected chi connectivity index (χ2v) is 6.19. The van der Waals surface area contributed by atoms with Crippen molar-refractivity contribution < 1.29 is 0 Å². The van der Waals surface area contributed by atoms with Crippen LogP contribution in [0.3, 0.4) is 0 Å². The third kappa shape index (κ3) is 3.09. The van der Waals surface area contributed by atoms with E-state index in [2.05, 4.69) is 41.4 Å². The molecule has 0 N–H and O–H groups in total. The average molecular weight is 320 g/mol. The van der Waals surface area contributed by atoms with E-state index in [-0.39, 0.29) is 0 Å². The molecule has 0 aliphatic rings. The molecule has 0 atom stereocenters. The molecule has 2 aromatic carbocycles. The third-order valence-electron chi connectivity index (χ3n) is 2.97. The maximum absolute atomic E-state index is 6.09. The lowest BCUT2D eigenvalue weighted by molar-refractivity contribution is 1.35. The molecule has 1 heterocycles. The lowest BCUT2D eigenvalue weighted by Gasteiger charge is -2.05. The molecule has 3 rings (SSSR count). The van der Waals surface area contributed by atoms with Crippen molar-refractivity contribution in [3.8, 4) is 0 Å². The van der Waals surface area contributed by atoms with Crippen LogP contribution in [0.4, 0.5) is 0 Å². The highest BCUT2D eigenvalue weighted by Crippen LogP contribution is 2.30. The summed E-state index contributed by atoms with van der Waals surface area (Å²) < 4.78 is 0. The summed E-state index contributed by atoms with van der Waals surface area (Å²) in [5.74, 6) is 0.943. The fourth-order valence-electron chi connectivity index (χ4n) is 1.99. The third-order valence-corrected chi connectivity index (χ3v) is 4.52. The van der Waals surface area contributed by atoms with Gasteiger partial charge in [0.15, 0.2) is 0 Å². The Morgan fingerprint density at radius 1 is 0.950 bits per heavy atom. The number of hydrogen-bond acceptors (Lipinski definition) is 2. The van der Waals surface area contributed by atoms with Crippen molar-refractivity contribution >= 4 is 45.7 Å². The normalized spacial score (nSPS) is 10.9. The van der Waals surface area contributed by atoms with Crippen LogP contribution in [-0.2, 0) is 5.75 Å². The van der Waals surface area contributed by atoms with Gasteiger partial charge in [-0.2, -0.15) is 0 Å². The molecule has 20 heavy (non-hydrogen) atoms. The van der Waals surface area contributed by atoms with Gasteiger partial charge in [-0.15, -0.1) is 11.8 Å². The van der Waals surface area contributed by atoms with Gasteiger partial charge in [0.05, 0.1) is 0 Å². The summed E-state index contributed by atoms with van der Waals surface area (Å²) in [5.41, 5.74) is 1.31. The SMILES string of the molecule is Clc1cc2cc(SCc3ccccc3)ccc2c(Cl)n1. The number of benzene rings is 2. The first-order valence-electron chi connectivity index (χ1n) is 6.15. The van der Waals surface area contributed by atoms with Gasteiger partial charge < -0.3 is 0 Å². The first-order chi connectivity index (χ1) is 9.72. The topological polar surface area (TPSA) is 12.9 Å². The Bertz CT molecular complexity index is 744. The Balaban J connectivity index is 1.86. The van der Waals surface area contributed by atoms with Crippen LogP contribution in [0.1, 0.15) is 5.56 Å². The average Bonchev–Trinajstić information content (AvgIpc) is 2.45. The van der Waals surface area contributed by atoms with Crippen LogP contribution in [0.15, 0.2) is 59.5 Å². The van der Waals surface area contributed by atoms with Crippen LogP contribution < -0.4 is 0 Å². The van der Waals surface area contributed by atoms with Crippen molar-refractivity contribution in [3.63, 3.8) is 0 Å². The fraction of sp³-hybridized carbons (Fsp3) is 0.0625. The number of pyridine rings is 1. The predicted octanol–water partition coefficient (Wildman–Crippen LogP) is 5.83. The van der Waals surface area contributed by atoms with E-state index < -0.39 is 0 Å². The van der Waals surface area contributed by atoms with Crippen molar-refractivity contribution in [2.75, 3.05) is 0 Å². The molecule has 0 bridgehead atoms. The molecule has 100 valence electrons. The molecule has 0 aliphatic heterocycles. The van der Waals surface area contributed by atoms with E-state index in [1.54, 1.807) is 11.8 Å². The summed E-state index contributed by atoms with van der Waals surface area (Å²) in [5, 5.41) is 2.83. The Hall–Kier alpha value is -1.22. The quantitative estimate of drug-likeness (QED) is 0.444. The molecule has 3 aromatic rings. The fourth-order valence-corrected chi connectivity index (χ4v) is 3.40. The van der Waals surface area contributed by atoms with Crippen LogP contribution in [0.25, 0.3) is 10.8 Å². The van der Waals surface area contributed by atoms with E-state index in [0.29, 0.717) is 10.3 Å². The smallest absolute Gasteiger partial charge is 0.138 e. The van der Waals surface area contributed by atoms with Gasteiger partial charge in [0, 0.05) is 16.0 Å². The van der Waals surface area contributed by atoms with Crippen molar-refractivity contribution in [1.82, 2.24) is 4.98 Å². The van der Waals surface area contributed by atoms with Crippen LogP contribution >= 0.6 is 35.0 Å². The molecule has 0 radical (unpaired) electrons. The van der Waals surface area contributed by atoms with E-state index in [1.165, 1.54) is 10.5 Å². The largest absolute Gasteiger partial charge is 0.224 e. The molecule has 0 unspecified atom stereocenters. The first kappa shape index (κ1) is 13.7. The molecule has 1 aromatic heterocycles. The number of fused-ring (bicyclic) bond motifs is 1. The lowest BCUT2D eigenvalue weighted by Crippen LogP contribution is -1.83. The number of rotatable bonds is 3. The number of hydrogen-bond donors (Lipinski definition) is 0. The van der Waals surface area contributed by atoms with Crippen LogP contribution in [0, 0.1) is 0 Å². The molecule has 0 amide bonds. The highest BCUT2D eigenvalue weighted by molar-refractivity contribution is 7.98. The van der Waals surface area contributed by atoms with Gasteiger partial charge in [-0.1, -0.05) is 59.6 Å². The Morgan fingerprint density at radius 2 is 1.75 bits per heavy atom. The zero-order valence-electron chi connectivity index (χ0n) is 10.5. The molecule has 0 spiro atoms. The standard InChI is InChI=1S/C16H11Cl2NS/c17-15-9-12-8-13(6-7-14(12)16(18)19-15)20-10-11-4-2-1-3-5-11/h1-9H,10H2. The maximum Gasteiger partial charge on any atom is 0.138 e. The zero-order chi connectivity index (χ0) is 13.9. The monoisotopic (exact) mass is 319 g/mol. The van der Waals surface area contributed by atoms with Gasteiger partial charge in [0.1, 0.15) is 10.3 Å². The summed E-state index contributed by atoms with van der Waals surface area (Å²) in [7, 11) is 0. The van der Waals surface area contributed by atoms with Crippen LogP contribution in [-0.4, -0.2) is 4.98 Å². The van der Waals surface area contributed by atoms with E-state index in [0.717, 1.165) is 16.5 Å². The lowest BCUT2D eigenvalue weighted by atomic mass is 10.2. The molecular formula is C16H11Cl2NS. The number of halogens is 2. The van der Waals surface area contributed by atoms with Crippen LogP contribution in [0.5, 0.6) is 0 Å². The minimum absolute atomic E-state index is 0.424. The predicted molar refractivity (Wildman–Crippen MR) is 87.8 cm³/mol. The zero-order valence-corrected chi connectivity index (χ0v) is 12.8. The number of aromatic nitrogens is 1. The highest BCUT2D eigenvalue weighted by atomic mass is 35.5. The van der Waals surface area contributed by atoms with Gasteiger partial charge in [0.2, 0.25) is 0 Å². The van der Waals surface area contributed by atoms with Gasteiger partial charge in [-0.3, -0.25) is 0 Å². The summed E-state index contributed by atoms with van der Waals surface area (Å²) in [6, 6.07) is 18.4. The minimum atomic E-state index is 0.424. The molecule has 4 heteroatoms. The summed E-state index contributed by atoms with van der Waals surface area (Å²) in [6.45, 7) is 0. The van der Waals surface area contributed by atoms with E-state index in [1.807, 2.05) is 18.2 Å². The molecule has 0 saturated carbocycles. The molecule has 0 fully saturated rings. The van der Waals surface area contributed by atoms with E-state index in [9.17, 15) is 0 Å². The van der Waals surface area contributed by atoms with Crippen molar-refractivity contribution in [2.24, 2.45) is 0 Å². The second kappa shape index (κ2) is 6.04. The first-order valence-corrected chi connectivity index (χ1v) is 7.89. The van der Waals surface area contributed by atoms with Gasteiger partial charge in [-0.25, -0.2) is 4.98 Å². The Labute approximate surface area is 131 Å². The minimum Gasteiger partial charge on any atom is -0.224 e. The number of nitrogens with zero attached hydrogens (tertiary/aromatic N) is 1.